The van der Waals surface area contributed by atoms with Crippen LogP contribution in [0.25, 0.3) is 5.69 Å². The SMILES string of the molecule is O=C(NCc1nncn1-c1ccccc1)N(C[C@H]1CCOC1)C1CC1. The lowest BCUT2D eigenvalue weighted by molar-refractivity contribution is 0.162. The maximum atomic E-state index is 12.7. The van der Waals surface area contributed by atoms with Crippen LogP contribution in [-0.4, -0.2) is 51.5 Å². The average molecular weight is 341 g/mol. The quantitative estimate of drug-likeness (QED) is 0.872. The summed E-state index contributed by atoms with van der Waals surface area (Å²) < 4.78 is 7.34. The van der Waals surface area contributed by atoms with E-state index in [1.807, 2.05) is 39.8 Å². The zero-order valence-corrected chi connectivity index (χ0v) is 14.2. The highest BCUT2D eigenvalue weighted by Gasteiger charge is 2.34. The van der Waals surface area contributed by atoms with Gasteiger partial charge in [0.15, 0.2) is 5.82 Å². The Labute approximate surface area is 147 Å². The third kappa shape index (κ3) is 3.82. The van der Waals surface area contributed by atoms with Crippen LogP contribution in [0.4, 0.5) is 4.79 Å². The number of carbonyl (C=O) groups excluding carboxylic acids is 1. The van der Waals surface area contributed by atoms with Crippen LogP contribution >= 0.6 is 0 Å². The third-order valence-electron chi connectivity index (χ3n) is 4.78. The Kier molecular flexibility index (Phi) is 4.65. The minimum absolute atomic E-state index is 0.0167. The summed E-state index contributed by atoms with van der Waals surface area (Å²) in [6.07, 6.45) is 4.91. The minimum Gasteiger partial charge on any atom is -0.381 e. The van der Waals surface area contributed by atoms with Gasteiger partial charge in [-0.1, -0.05) is 18.2 Å². The van der Waals surface area contributed by atoms with E-state index in [4.69, 9.17) is 4.74 Å². The molecule has 1 aliphatic heterocycles. The summed E-state index contributed by atoms with van der Waals surface area (Å²) >= 11 is 0. The number of hydrogen-bond acceptors (Lipinski definition) is 4. The van der Waals surface area contributed by atoms with Crippen LogP contribution in [0, 0.1) is 5.92 Å². The number of benzene rings is 1. The number of amides is 2. The van der Waals surface area contributed by atoms with E-state index in [0.29, 0.717) is 18.5 Å². The van der Waals surface area contributed by atoms with Gasteiger partial charge in [0.2, 0.25) is 0 Å². The molecule has 2 aromatic rings. The van der Waals surface area contributed by atoms with Gasteiger partial charge < -0.3 is 15.0 Å². The zero-order valence-electron chi connectivity index (χ0n) is 14.2. The van der Waals surface area contributed by atoms with Crippen molar-refractivity contribution in [3.8, 4) is 5.69 Å². The van der Waals surface area contributed by atoms with Crippen LogP contribution in [0.5, 0.6) is 0 Å². The van der Waals surface area contributed by atoms with Crippen molar-refractivity contribution in [2.45, 2.75) is 31.8 Å². The molecule has 1 atom stereocenters. The fourth-order valence-electron chi connectivity index (χ4n) is 3.23. The Morgan fingerprint density at radius 1 is 1.28 bits per heavy atom. The normalized spacial score (nSPS) is 19.8. The molecule has 2 fully saturated rings. The van der Waals surface area contributed by atoms with E-state index in [0.717, 1.165) is 50.5 Å². The van der Waals surface area contributed by atoms with E-state index in [9.17, 15) is 4.79 Å². The summed E-state index contributed by atoms with van der Waals surface area (Å²) in [6, 6.07) is 10.3. The number of rotatable bonds is 6. The monoisotopic (exact) mass is 341 g/mol. The van der Waals surface area contributed by atoms with E-state index < -0.39 is 0 Å². The molecule has 25 heavy (non-hydrogen) atoms. The van der Waals surface area contributed by atoms with Gasteiger partial charge in [-0.2, -0.15) is 0 Å². The molecule has 1 aromatic carbocycles. The molecule has 2 amide bonds. The average Bonchev–Trinajstić information content (AvgIpc) is 3.16. The third-order valence-corrected chi connectivity index (χ3v) is 4.78. The number of carbonyl (C=O) groups is 1. The lowest BCUT2D eigenvalue weighted by Gasteiger charge is -2.25. The summed E-state index contributed by atoms with van der Waals surface area (Å²) in [7, 11) is 0. The molecule has 7 nitrogen and oxygen atoms in total. The van der Waals surface area contributed by atoms with Gasteiger partial charge >= 0.3 is 6.03 Å². The number of para-hydroxylation sites is 1. The van der Waals surface area contributed by atoms with Gasteiger partial charge in [0, 0.05) is 30.8 Å². The first-order chi connectivity index (χ1) is 12.3. The summed E-state index contributed by atoms with van der Waals surface area (Å²) in [5, 5.41) is 11.1. The first kappa shape index (κ1) is 16.1. The molecule has 1 aliphatic carbocycles. The molecule has 1 saturated carbocycles. The molecule has 4 rings (SSSR count). The Bertz CT molecular complexity index is 707. The highest BCUT2D eigenvalue weighted by atomic mass is 16.5. The topological polar surface area (TPSA) is 72.3 Å². The van der Waals surface area contributed by atoms with Crippen molar-refractivity contribution in [2.24, 2.45) is 5.92 Å². The Hall–Kier alpha value is -2.41. The lowest BCUT2D eigenvalue weighted by Crippen LogP contribution is -2.44. The smallest absolute Gasteiger partial charge is 0.318 e. The number of ether oxygens (including phenoxy) is 1. The van der Waals surface area contributed by atoms with Gasteiger partial charge in [0.25, 0.3) is 0 Å². The highest BCUT2D eigenvalue weighted by molar-refractivity contribution is 5.74. The van der Waals surface area contributed by atoms with Crippen molar-refractivity contribution >= 4 is 6.03 Å². The summed E-state index contributed by atoms with van der Waals surface area (Å²) in [6.45, 7) is 2.71. The van der Waals surface area contributed by atoms with Crippen LogP contribution in [0.3, 0.4) is 0 Å². The fraction of sp³-hybridized carbons (Fsp3) is 0.500. The zero-order chi connectivity index (χ0) is 17.1. The highest BCUT2D eigenvalue weighted by Crippen LogP contribution is 2.29. The number of nitrogens with zero attached hydrogens (tertiary/aromatic N) is 4. The molecule has 0 unspecified atom stereocenters. The summed E-state index contributed by atoms with van der Waals surface area (Å²) in [5.74, 6) is 1.18. The van der Waals surface area contributed by atoms with Crippen molar-refractivity contribution in [3.63, 3.8) is 0 Å². The maximum Gasteiger partial charge on any atom is 0.318 e. The molecule has 0 radical (unpaired) electrons. The number of aromatic nitrogens is 3. The largest absolute Gasteiger partial charge is 0.381 e. The lowest BCUT2D eigenvalue weighted by atomic mass is 10.1. The van der Waals surface area contributed by atoms with E-state index in [2.05, 4.69) is 15.5 Å². The molecule has 1 saturated heterocycles. The molecular formula is C18H23N5O2. The Morgan fingerprint density at radius 3 is 2.84 bits per heavy atom. The van der Waals surface area contributed by atoms with Crippen molar-refractivity contribution in [1.82, 2.24) is 25.0 Å². The maximum absolute atomic E-state index is 12.7. The van der Waals surface area contributed by atoms with Crippen LogP contribution in [-0.2, 0) is 11.3 Å². The second-order valence-corrected chi connectivity index (χ2v) is 6.72. The standard InChI is InChI=1S/C18H23N5O2/c24-18(22(16-6-7-16)11-14-8-9-25-12-14)19-10-17-21-20-13-23(17)15-4-2-1-3-5-15/h1-5,13-14,16H,6-12H2,(H,19,24)/t14-/m1/s1. The molecule has 2 aliphatic rings. The predicted octanol–water partition coefficient (Wildman–Crippen LogP) is 1.98. The van der Waals surface area contributed by atoms with Crippen LogP contribution < -0.4 is 5.32 Å². The second-order valence-electron chi connectivity index (χ2n) is 6.72. The molecule has 1 N–H and O–H groups in total. The molecule has 2 heterocycles. The molecule has 1 aromatic heterocycles. The number of hydrogen-bond donors (Lipinski definition) is 1. The van der Waals surface area contributed by atoms with Gasteiger partial charge in [0.1, 0.15) is 6.33 Å². The summed E-state index contributed by atoms with van der Waals surface area (Å²) in [4.78, 5) is 14.6. The first-order valence-electron chi connectivity index (χ1n) is 8.88. The van der Waals surface area contributed by atoms with Gasteiger partial charge in [0.05, 0.1) is 13.2 Å². The minimum atomic E-state index is -0.0167. The Balaban J connectivity index is 1.39. The number of nitrogens with one attached hydrogen (secondary N) is 1. The van der Waals surface area contributed by atoms with E-state index >= 15 is 0 Å². The van der Waals surface area contributed by atoms with Crippen molar-refractivity contribution in [1.29, 1.82) is 0 Å². The molecule has 132 valence electrons. The molecule has 0 bridgehead atoms. The van der Waals surface area contributed by atoms with Crippen LogP contribution in [0.2, 0.25) is 0 Å². The van der Waals surface area contributed by atoms with E-state index in [1.165, 1.54) is 0 Å². The molecule has 0 spiro atoms. The van der Waals surface area contributed by atoms with Gasteiger partial charge in [-0.15, -0.1) is 10.2 Å². The second kappa shape index (κ2) is 7.23. The van der Waals surface area contributed by atoms with Crippen LogP contribution in [0.15, 0.2) is 36.7 Å². The first-order valence-corrected chi connectivity index (χ1v) is 8.88. The van der Waals surface area contributed by atoms with E-state index in [-0.39, 0.29) is 6.03 Å². The van der Waals surface area contributed by atoms with Gasteiger partial charge in [-0.25, -0.2) is 4.79 Å². The van der Waals surface area contributed by atoms with Crippen molar-refractivity contribution in [3.05, 3.63) is 42.5 Å². The van der Waals surface area contributed by atoms with Gasteiger partial charge in [-0.3, -0.25) is 4.57 Å². The van der Waals surface area contributed by atoms with Gasteiger partial charge in [-0.05, 0) is 31.4 Å². The van der Waals surface area contributed by atoms with Crippen LogP contribution in [0.1, 0.15) is 25.1 Å². The molecular weight excluding hydrogens is 318 g/mol. The molecule has 7 heteroatoms. The van der Waals surface area contributed by atoms with Crippen molar-refractivity contribution < 1.29 is 9.53 Å². The summed E-state index contributed by atoms with van der Waals surface area (Å²) in [5.41, 5.74) is 0.985. The van der Waals surface area contributed by atoms with E-state index in [1.54, 1.807) is 6.33 Å². The predicted molar refractivity (Wildman–Crippen MR) is 92.2 cm³/mol. The van der Waals surface area contributed by atoms with Crippen molar-refractivity contribution in [2.75, 3.05) is 19.8 Å². The number of urea groups is 1. The Morgan fingerprint density at radius 2 is 2.12 bits per heavy atom. The fourth-order valence-corrected chi connectivity index (χ4v) is 3.23.